The molecule has 0 spiro atoms. The van der Waals surface area contributed by atoms with E-state index in [1.165, 1.54) is 25.4 Å². The zero-order chi connectivity index (χ0) is 19.1. The fraction of sp³-hybridized carbons (Fsp3) is 0.316. The molecule has 0 saturated carbocycles. The number of urea groups is 1. The number of hydrogen-bond acceptors (Lipinski definition) is 4. The van der Waals surface area contributed by atoms with Crippen molar-refractivity contribution in [1.29, 1.82) is 0 Å². The highest BCUT2D eigenvalue weighted by molar-refractivity contribution is 6.34. The second kappa shape index (κ2) is 6.81. The van der Waals surface area contributed by atoms with Crippen LogP contribution in [0.15, 0.2) is 30.5 Å². The van der Waals surface area contributed by atoms with Crippen LogP contribution in [-0.2, 0) is 11.2 Å². The summed E-state index contributed by atoms with van der Waals surface area (Å²) < 4.78 is 18.7. The van der Waals surface area contributed by atoms with Gasteiger partial charge in [-0.05, 0) is 49.1 Å². The number of esters is 1. The first-order chi connectivity index (χ1) is 13.0. The lowest BCUT2D eigenvalue weighted by Crippen LogP contribution is -2.44. The largest absolute Gasteiger partial charge is 0.465 e. The van der Waals surface area contributed by atoms with Crippen LogP contribution >= 0.6 is 11.6 Å². The minimum Gasteiger partial charge on any atom is -0.465 e. The van der Waals surface area contributed by atoms with Gasteiger partial charge in [-0.15, -0.1) is 0 Å². The minimum absolute atomic E-state index is 0.0639. The summed E-state index contributed by atoms with van der Waals surface area (Å²) in [5.74, 6) is -0.992. The molecule has 1 N–H and O–H groups in total. The lowest BCUT2D eigenvalue weighted by atomic mass is 9.95. The number of halogens is 2. The zero-order valence-electron chi connectivity index (χ0n) is 14.5. The Hall–Kier alpha value is -2.67. The third-order valence-electron chi connectivity index (χ3n) is 5.20. The molecule has 6 nitrogen and oxygen atoms in total. The molecule has 1 fully saturated rings. The summed E-state index contributed by atoms with van der Waals surface area (Å²) in [5, 5.41) is 3.02. The standard InChI is InChI=1S/C19H17ClFN3O3/c1-27-18(25)13-4-2-10(8-15(13)20)23-19(26)24-11-3-5-16(24)12-6-7-22-17(21)14(12)9-11/h2,4,6-8,11,16H,3,5,9H2,1H3,(H,23,26). The van der Waals surface area contributed by atoms with Gasteiger partial charge in [0.05, 0.1) is 23.7 Å². The summed E-state index contributed by atoms with van der Waals surface area (Å²) in [6.07, 6.45) is 3.50. The Morgan fingerprint density at radius 3 is 2.89 bits per heavy atom. The van der Waals surface area contributed by atoms with Gasteiger partial charge in [-0.2, -0.15) is 4.39 Å². The monoisotopic (exact) mass is 389 g/mol. The molecule has 8 heteroatoms. The van der Waals surface area contributed by atoms with E-state index in [4.69, 9.17) is 11.6 Å². The Morgan fingerprint density at radius 2 is 2.15 bits per heavy atom. The molecule has 0 radical (unpaired) electrons. The molecule has 2 amide bonds. The predicted molar refractivity (Wildman–Crippen MR) is 97.3 cm³/mol. The quantitative estimate of drug-likeness (QED) is 0.623. The fourth-order valence-corrected chi connectivity index (χ4v) is 4.24. The van der Waals surface area contributed by atoms with E-state index < -0.39 is 11.9 Å². The highest BCUT2D eigenvalue weighted by Crippen LogP contribution is 2.44. The van der Waals surface area contributed by atoms with Gasteiger partial charge in [-0.3, -0.25) is 0 Å². The van der Waals surface area contributed by atoms with Crippen molar-refractivity contribution in [2.75, 3.05) is 12.4 Å². The van der Waals surface area contributed by atoms with Crippen LogP contribution in [0.4, 0.5) is 14.9 Å². The van der Waals surface area contributed by atoms with Crippen molar-refractivity contribution in [2.45, 2.75) is 31.3 Å². The van der Waals surface area contributed by atoms with Gasteiger partial charge < -0.3 is 15.0 Å². The fourth-order valence-electron chi connectivity index (χ4n) is 3.98. The van der Waals surface area contributed by atoms with Crippen LogP contribution in [0.25, 0.3) is 0 Å². The zero-order valence-corrected chi connectivity index (χ0v) is 15.3. The average molecular weight is 390 g/mol. The number of aromatic nitrogens is 1. The Morgan fingerprint density at radius 1 is 1.33 bits per heavy atom. The van der Waals surface area contributed by atoms with E-state index in [0.717, 1.165) is 18.4 Å². The number of methoxy groups -OCH3 is 1. The molecule has 2 unspecified atom stereocenters. The molecule has 1 saturated heterocycles. The number of pyridine rings is 1. The molecular formula is C19H17ClFN3O3. The Kier molecular flexibility index (Phi) is 4.47. The first-order valence-corrected chi connectivity index (χ1v) is 8.98. The number of fused-ring (bicyclic) bond motifs is 4. The summed E-state index contributed by atoms with van der Waals surface area (Å²) >= 11 is 6.11. The van der Waals surface area contributed by atoms with Gasteiger partial charge in [0.2, 0.25) is 5.95 Å². The highest BCUT2D eigenvalue weighted by atomic mass is 35.5. The predicted octanol–water partition coefficient (Wildman–Crippen LogP) is 3.95. The molecule has 140 valence electrons. The molecule has 2 atom stereocenters. The number of rotatable bonds is 2. The molecule has 2 aliphatic heterocycles. The normalized spacial score (nSPS) is 20.2. The minimum atomic E-state index is -0.542. The number of amides is 2. The molecule has 0 aliphatic carbocycles. The maximum Gasteiger partial charge on any atom is 0.339 e. The molecule has 2 aromatic rings. The highest BCUT2D eigenvalue weighted by Gasteiger charge is 2.43. The molecule has 1 aromatic heterocycles. The average Bonchev–Trinajstić information content (AvgIpc) is 2.97. The molecule has 1 aromatic carbocycles. The van der Waals surface area contributed by atoms with Gasteiger partial charge in [0.15, 0.2) is 0 Å². The smallest absolute Gasteiger partial charge is 0.339 e. The van der Waals surface area contributed by atoms with E-state index in [9.17, 15) is 14.0 Å². The van der Waals surface area contributed by atoms with Crippen molar-refractivity contribution in [3.05, 3.63) is 58.1 Å². The third kappa shape index (κ3) is 3.02. The summed E-state index contributed by atoms with van der Waals surface area (Å²) in [6.45, 7) is 0. The van der Waals surface area contributed by atoms with Crippen molar-refractivity contribution in [2.24, 2.45) is 0 Å². The van der Waals surface area contributed by atoms with E-state index in [2.05, 4.69) is 15.0 Å². The maximum absolute atomic E-state index is 14.0. The van der Waals surface area contributed by atoms with Crippen LogP contribution in [0.1, 0.15) is 40.4 Å². The van der Waals surface area contributed by atoms with Gasteiger partial charge in [0.25, 0.3) is 0 Å². The molecule has 2 aliphatic rings. The van der Waals surface area contributed by atoms with Crippen molar-refractivity contribution >= 4 is 29.3 Å². The van der Waals surface area contributed by atoms with Gasteiger partial charge in [0, 0.05) is 23.5 Å². The number of carbonyl (C=O) groups is 2. The number of hydrogen-bond donors (Lipinski definition) is 1. The van der Waals surface area contributed by atoms with E-state index >= 15 is 0 Å². The molecule has 3 heterocycles. The van der Waals surface area contributed by atoms with Crippen LogP contribution in [0.5, 0.6) is 0 Å². The van der Waals surface area contributed by atoms with E-state index in [-0.39, 0.29) is 28.7 Å². The second-order valence-corrected chi connectivity index (χ2v) is 7.05. The number of anilines is 1. The van der Waals surface area contributed by atoms with E-state index in [0.29, 0.717) is 17.7 Å². The lowest BCUT2D eigenvalue weighted by molar-refractivity contribution is 0.0601. The summed E-state index contributed by atoms with van der Waals surface area (Å²) in [7, 11) is 1.27. The lowest BCUT2D eigenvalue weighted by Gasteiger charge is -2.36. The van der Waals surface area contributed by atoms with E-state index in [1.807, 2.05) is 0 Å². The SMILES string of the molecule is COC(=O)c1ccc(NC(=O)N2C3CCC2c2ccnc(F)c2C3)cc1Cl. The van der Waals surface area contributed by atoms with Crippen molar-refractivity contribution < 1.29 is 18.7 Å². The van der Waals surface area contributed by atoms with Crippen LogP contribution in [0, 0.1) is 5.95 Å². The maximum atomic E-state index is 14.0. The number of carbonyl (C=O) groups excluding carboxylic acids is 2. The van der Waals surface area contributed by atoms with Crippen molar-refractivity contribution in [3.8, 4) is 0 Å². The van der Waals surface area contributed by atoms with Crippen LogP contribution in [0.2, 0.25) is 5.02 Å². The van der Waals surface area contributed by atoms with Crippen LogP contribution in [-0.4, -0.2) is 35.0 Å². The molecular weight excluding hydrogens is 373 g/mol. The van der Waals surface area contributed by atoms with Gasteiger partial charge in [-0.25, -0.2) is 14.6 Å². The Labute approximate surface area is 160 Å². The van der Waals surface area contributed by atoms with Crippen molar-refractivity contribution in [3.63, 3.8) is 0 Å². The summed E-state index contributed by atoms with van der Waals surface area (Å²) in [5.41, 5.74) is 2.14. The number of nitrogens with one attached hydrogen (secondary N) is 1. The number of nitrogens with zero attached hydrogens (tertiary/aromatic N) is 2. The molecule has 2 bridgehead atoms. The Bertz CT molecular complexity index is 936. The molecule has 4 rings (SSSR count). The summed E-state index contributed by atoms with van der Waals surface area (Å²) in [6, 6.07) is 5.89. The molecule has 27 heavy (non-hydrogen) atoms. The number of ether oxygens (including phenoxy) is 1. The van der Waals surface area contributed by atoms with E-state index in [1.54, 1.807) is 17.0 Å². The van der Waals surface area contributed by atoms with Gasteiger partial charge in [0.1, 0.15) is 0 Å². The van der Waals surface area contributed by atoms with Crippen LogP contribution < -0.4 is 5.32 Å². The first-order valence-electron chi connectivity index (χ1n) is 8.60. The summed E-state index contributed by atoms with van der Waals surface area (Å²) in [4.78, 5) is 30.0. The van der Waals surface area contributed by atoms with Crippen LogP contribution in [0.3, 0.4) is 0 Å². The van der Waals surface area contributed by atoms with Gasteiger partial charge in [-0.1, -0.05) is 11.6 Å². The topological polar surface area (TPSA) is 71.5 Å². The number of benzene rings is 1. The van der Waals surface area contributed by atoms with Crippen molar-refractivity contribution in [1.82, 2.24) is 9.88 Å². The Balaban J connectivity index is 1.56. The second-order valence-electron chi connectivity index (χ2n) is 6.64. The van der Waals surface area contributed by atoms with Gasteiger partial charge >= 0.3 is 12.0 Å². The third-order valence-corrected chi connectivity index (χ3v) is 5.51. The first kappa shape index (κ1) is 17.7.